The molecule has 0 saturated carbocycles. The van der Waals surface area contributed by atoms with Crippen molar-refractivity contribution in [1.29, 1.82) is 0 Å². The minimum atomic E-state index is 0.0487. The van der Waals surface area contributed by atoms with Gasteiger partial charge in [0, 0.05) is 24.2 Å². The van der Waals surface area contributed by atoms with E-state index < -0.39 is 0 Å². The van der Waals surface area contributed by atoms with E-state index in [-0.39, 0.29) is 5.78 Å². The predicted molar refractivity (Wildman–Crippen MR) is 83.5 cm³/mol. The lowest BCUT2D eigenvalue weighted by Crippen LogP contribution is -1.89. The number of azo groups is 1. The van der Waals surface area contributed by atoms with E-state index in [1.807, 2.05) is 36.0 Å². The fraction of sp³-hybridized carbons (Fsp3) is 0.118. The molecule has 0 saturated heterocycles. The molecule has 0 amide bonds. The molecule has 1 aromatic heterocycles. The Morgan fingerprint density at radius 3 is 2.43 bits per heavy atom. The van der Waals surface area contributed by atoms with Crippen molar-refractivity contribution in [3.05, 3.63) is 60.3 Å². The number of hydrogen-bond donors (Lipinski definition) is 0. The number of rotatable bonds is 3. The van der Waals surface area contributed by atoms with Crippen LogP contribution in [0.3, 0.4) is 0 Å². The van der Waals surface area contributed by atoms with Crippen molar-refractivity contribution in [3.8, 4) is 0 Å². The monoisotopic (exact) mass is 277 g/mol. The number of nitrogens with zero attached hydrogens (tertiary/aromatic N) is 3. The second-order valence-corrected chi connectivity index (χ2v) is 4.95. The van der Waals surface area contributed by atoms with Crippen LogP contribution in [0.15, 0.2) is 65.0 Å². The van der Waals surface area contributed by atoms with Crippen LogP contribution >= 0.6 is 0 Å². The smallest absolute Gasteiger partial charge is 0.159 e. The summed E-state index contributed by atoms with van der Waals surface area (Å²) >= 11 is 0. The Labute approximate surface area is 122 Å². The van der Waals surface area contributed by atoms with Gasteiger partial charge in [-0.25, -0.2) is 0 Å². The molecule has 0 fully saturated rings. The Kier molecular flexibility index (Phi) is 3.36. The van der Waals surface area contributed by atoms with Crippen LogP contribution in [-0.2, 0) is 7.05 Å². The quantitative estimate of drug-likeness (QED) is 0.501. The number of aryl methyl sites for hydroxylation is 1. The number of para-hydroxylation sites is 1. The lowest BCUT2D eigenvalue weighted by molar-refractivity contribution is 0.101. The van der Waals surface area contributed by atoms with E-state index in [1.165, 1.54) is 0 Å². The van der Waals surface area contributed by atoms with E-state index in [9.17, 15) is 4.79 Å². The average Bonchev–Trinajstić information content (AvgIpc) is 2.83. The zero-order chi connectivity index (χ0) is 14.8. The van der Waals surface area contributed by atoms with E-state index in [4.69, 9.17) is 0 Å². The maximum atomic E-state index is 11.2. The minimum Gasteiger partial charge on any atom is -0.348 e. The number of aromatic nitrogens is 1. The van der Waals surface area contributed by atoms with E-state index >= 15 is 0 Å². The maximum absolute atomic E-state index is 11.2. The third-order valence-corrected chi connectivity index (χ3v) is 3.42. The first-order chi connectivity index (χ1) is 10.1. The van der Waals surface area contributed by atoms with Gasteiger partial charge in [-0.1, -0.05) is 18.2 Å². The Balaban J connectivity index is 1.92. The van der Waals surface area contributed by atoms with Gasteiger partial charge < -0.3 is 4.57 Å². The number of benzene rings is 2. The van der Waals surface area contributed by atoms with Gasteiger partial charge in [0.25, 0.3) is 0 Å². The van der Waals surface area contributed by atoms with Crippen LogP contribution in [0.1, 0.15) is 17.3 Å². The summed E-state index contributed by atoms with van der Waals surface area (Å²) in [5.74, 6) is 0.0487. The van der Waals surface area contributed by atoms with Gasteiger partial charge in [-0.05, 0) is 37.3 Å². The Bertz CT molecular complexity index is 829. The summed E-state index contributed by atoms with van der Waals surface area (Å²) in [5, 5.41) is 9.63. The van der Waals surface area contributed by atoms with Crippen molar-refractivity contribution in [1.82, 2.24) is 4.57 Å². The number of Topliss-reactive ketones (excluding diaryl/α,β-unsaturated/α-hetero) is 1. The van der Waals surface area contributed by atoms with Crippen LogP contribution in [-0.4, -0.2) is 10.4 Å². The summed E-state index contributed by atoms with van der Waals surface area (Å²) < 4.78 is 2.03. The van der Waals surface area contributed by atoms with Crippen molar-refractivity contribution in [3.63, 3.8) is 0 Å². The largest absolute Gasteiger partial charge is 0.348 e. The van der Waals surface area contributed by atoms with E-state index in [2.05, 4.69) is 16.3 Å². The van der Waals surface area contributed by atoms with E-state index in [1.54, 1.807) is 31.2 Å². The summed E-state index contributed by atoms with van der Waals surface area (Å²) in [6.07, 6.45) is 1.96. The Hall–Kier alpha value is -2.75. The number of carbonyl (C=O) groups excluding carboxylic acids is 1. The molecule has 0 unspecified atom stereocenters. The molecule has 0 aliphatic rings. The Morgan fingerprint density at radius 2 is 1.71 bits per heavy atom. The van der Waals surface area contributed by atoms with Crippen molar-refractivity contribution in [2.24, 2.45) is 17.3 Å². The number of ketones is 1. The minimum absolute atomic E-state index is 0.0487. The van der Waals surface area contributed by atoms with Gasteiger partial charge in [-0.2, -0.15) is 5.11 Å². The zero-order valence-corrected chi connectivity index (χ0v) is 11.9. The fourth-order valence-corrected chi connectivity index (χ4v) is 2.27. The second kappa shape index (κ2) is 5.32. The lowest BCUT2D eigenvalue weighted by Gasteiger charge is -1.95. The van der Waals surface area contributed by atoms with Crippen LogP contribution < -0.4 is 0 Å². The standard InChI is InChI=1S/C17H15N3O/c1-12(21)13-7-9-14(10-8-13)18-19-16-11-20(2)17-6-4-3-5-15(16)17/h3-11H,1-2H3. The predicted octanol–water partition coefficient (Wildman–Crippen LogP) is 4.80. The fourth-order valence-electron chi connectivity index (χ4n) is 2.27. The van der Waals surface area contributed by atoms with Crippen molar-refractivity contribution >= 4 is 28.1 Å². The van der Waals surface area contributed by atoms with Gasteiger partial charge in [-0.3, -0.25) is 4.79 Å². The van der Waals surface area contributed by atoms with Gasteiger partial charge in [0.2, 0.25) is 0 Å². The zero-order valence-electron chi connectivity index (χ0n) is 11.9. The molecular formula is C17H15N3O. The molecule has 0 bridgehead atoms. The number of carbonyl (C=O) groups is 1. The Morgan fingerprint density at radius 1 is 1.00 bits per heavy atom. The highest BCUT2D eigenvalue weighted by atomic mass is 16.1. The summed E-state index contributed by atoms with van der Waals surface area (Å²) in [5.41, 5.74) is 3.37. The molecule has 104 valence electrons. The highest BCUT2D eigenvalue weighted by Gasteiger charge is 2.04. The summed E-state index contributed by atoms with van der Waals surface area (Å²) in [7, 11) is 1.99. The molecule has 21 heavy (non-hydrogen) atoms. The first kappa shape index (κ1) is 13.2. The molecule has 1 heterocycles. The van der Waals surface area contributed by atoms with Gasteiger partial charge in [0.1, 0.15) is 5.69 Å². The van der Waals surface area contributed by atoms with Crippen LogP contribution in [0.5, 0.6) is 0 Å². The van der Waals surface area contributed by atoms with Crippen molar-refractivity contribution in [2.45, 2.75) is 6.92 Å². The van der Waals surface area contributed by atoms with E-state index in [0.717, 1.165) is 22.3 Å². The summed E-state index contributed by atoms with van der Waals surface area (Å²) in [6.45, 7) is 1.55. The van der Waals surface area contributed by atoms with Gasteiger partial charge in [0.15, 0.2) is 5.78 Å². The van der Waals surface area contributed by atoms with Crippen molar-refractivity contribution < 1.29 is 4.79 Å². The third kappa shape index (κ3) is 2.60. The van der Waals surface area contributed by atoms with Crippen LogP contribution in [0, 0.1) is 0 Å². The summed E-state index contributed by atoms with van der Waals surface area (Å²) in [6, 6.07) is 15.2. The second-order valence-electron chi connectivity index (χ2n) is 4.95. The molecule has 0 aliphatic heterocycles. The molecule has 0 N–H and O–H groups in total. The summed E-state index contributed by atoms with van der Waals surface area (Å²) in [4.78, 5) is 11.2. The molecule has 2 aromatic carbocycles. The molecule has 3 rings (SSSR count). The lowest BCUT2D eigenvalue weighted by atomic mass is 10.1. The molecule has 0 atom stereocenters. The molecule has 4 nitrogen and oxygen atoms in total. The SMILES string of the molecule is CC(=O)c1ccc(N=Nc2cn(C)c3ccccc23)cc1. The molecule has 0 radical (unpaired) electrons. The number of hydrogen-bond acceptors (Lipinski definition) is 3. The highest BCUT2D eigenvalue weighted by molar-refractivity contribution is 5.94. The van der Waals surface area contributed by atoms with Gasteiger partial charge in [0.05, 0.1) is 11.2 Å². The third-order valence-electron chi connectivity index (χ3n) is 3.42. The average molecular weight is 277 g/mol. The normalized spacial score (nSPS) is 11.3. The molecule has 3 aromatic rings. The molecular weight excluding hydrogens is 262 g/mol. The topological polar surface area (TPSA) is 46.7 Å². The van der Waals surface area contributed by atoms with Crippen LogP contribution in [0.4, 0.5) is 11.4 Å². The molecule has 0 spiro atoms. The molecule has 4 heteroatoms. The maximum Gasteiger partial charge on any atom is 0.159 e. The highest BCUT2D eigenvalue weighted by Crippen LogP contribution is 2.29. The van der Waals surface area contributed by atoms with Gasteiger partial charge >= 0.3 is 0 Å². The number of fused-ring (bicyclic) bond motifs is 1. The van der Waals surface area contributed by atoms with Crippen LogP contribution in [0.2, 0.25) is 0 Å². The molecule has 0 aliphatic carbocycles. The van der Waals surface area contributed by atoms with Crippen LogP contribution in [0.25, 0.3) is 10.9 Å². The van der Waals surface area contributed by atoms with Crippen molar-refractivity contribution in [2.75, 3.05) is 0 Å². The van der Waals surface area contributed by atoms with E-state index in [0.29, 0.717) is 5.56 Å². The first-order valence-electron chi connectivity index (χ1n) is 6.72. The first-order valence-corrected chi connectivity index (χ1v) is 6.72. The van der Waals surface area contributed by atoms with Gasteiger partial charge in [-0.15, -0.1) is 5.11 Å².